The van der Waals surface area contributed by atoms with Crippen LogP contribution in [0.5, 0.6) is 0 Å². The maximum atomic E-state index is 13.3. The molecule has 6 rings (SSSR count). The van der Waals surface area contributed by atoms with Gasteiger partial charge in [-0.25, -0.2) is 0 Å². The summed E-state index contributed by atoms with van der Waals surface area (Å²) in [6.07, 6.45) is -8.25. The summed E-state index contributed by atoms with van der Waals surface area (Å²) < 4.78 is 81.8. The number of fused-ring (bicyclic) bond motifs is 3. The van der Waals surface area contributed by atoms with Crippen molar-refractivity contribution in [1.82, 2.24) is 9.88 Å². The molecule has 0 radical (unpaired) electrons. The van der Waals surface area contributed by atoms with E-state index in [9.17, 15) is 26.3 Å². The van der Waals surface area contributed by atoms with Crippen molar-refractivity contribution in [2.75, 3.05) is 12.3 Å². The molecule has 3 aromatic carbocycles. The summed E-state index contributed by atoms with van der Waals surface area (Å²) in [5, 5.41) is 4.42. The Kier molecular flexibility index (Phi) is 6.65. The average molecular weight is 601 g/mol. The van der Waals surface area contributed by atoms with Crippen molar-refractivity contribution in [2.24, 2.45) is 0 Å². The number of aromatic nitrogens is 1. The molecular weight excluding hydrogens is 581 g/mol. The topological polar surface area (TPSA) is 17.0 Å². The van der Waals surface area contributed by atoms with E-state index in [0.29, 0.717) is 30.0 Å². The van der Waals surface area contributed by atoms with Crippen LogP contribution in [-0.2, 0) is 31.9 Å². The summed E-state index contributed by atoms with van der Waals surface area (Å²) in [7, 11) is 0. The number of alkyl halides is 6. The standard InChI is InChI=1S/C28H20Cl2F6N2S/c29-21-9-15(27(31,32)33)1-3-17(21)14-12-38-23-7-8-37-11-20(23)25-19(5-6-24(26(25)38)39-13-14)18-4-2-16(10-22(18)30)28(34,35)36/h1-6,9-10,14,37H,7-8,11-13H2. The summed E-state index contributed by atoms with van der Waals surface area (Å²) >= 11 is 14.4. The first-order valence-electron chi connectivity index (χ1n) is 12.2. The van der Waals surface area contributed by atoms with Gasteiger partial charge < -0.3 is 9.88 Å². The van der Waals surface area contributed by atoms with Gasteiger partial charge in [-0.05, 0) is 47.0 Å². The number of nitrogens with zero attached hydrogens (tertiary/aromatic N) is 1. The van der Waals surface area contributed by atoms with E-state index in [2.05, 4.69) is 9.88 Å². The molecule has 4 aromatic rings. The molecule has 0 aliphatic carbocycles. The van der Waals surface area contributed by atoms with E-state index < -0.39 is 23.5 Å². The third-order valence-electron chi connectivity index (χ3n) is 7.42. The highest BCUT2D eigenvalue weighted by Crippen LogP contribution is 2.47. The lowest BCUT2D eigenvalue weighted by Gasteiger charge is -2.22. The fraction of sp³-hybridized carbons (Fsp3) is 0.286. The first kappa shape index (κ1) is 26.9. The number of thioether (sulfide) groups is 1. The normalized spacial score (nSPS) is 17.8. The van der Waals surface area contributed by atoms with Gasteiger partial charge in [-0.15, -0.1) is 11.8 Å². The summed E-state index contributed by atoms with van der Waals surface area (Å²) in [6, 6.07) is 10.8. The molecular formula is C28H20Cl2F6N2S. The molecule has 1 N–H and O–H groups in total. The largest absolute Gasteiger partial charge is 0.416 e. The zero-order valence-electron chi connectivity index (χ0n) is 20.1. The Labute approximate surface area is 234 Å². The third kappa shape index (κ3) is 4.71. The van der Waals surface area contributed by atoms with Gasteiger partial charge in [0.05, 0.1) is 16.6 Å². The fourth-order valence-electron chi connectivity index (χ4n) is 5.62. The summed E-state index contributed by atoms with van der Waals surface area (Å²) in [5.41, 5.74) is 3.45. The number of hydrogen-bond acceptors (Lipinski definition) is 2. The van der Waals surface area contributed by atoms with Gasteiger partial charge in [0.25, 0.3) is 0 Å². The van der Waals surface area contributed by atoms with Gasteiger partial charge >= 0.3 is 12.4 Å². The minimum absolute atomic E-state index is 0.0149. The zero-order valence-corrected chi connectivity index (χ0v) is 22.4. The van der Waals surface area contributed by atoms with E-state index in [1.165, 1.54) is 12.1 Å². The molecule has 2 aliphatic rings. The van der Waals surface area contributed by atoms with Gasteiger partial charge in [-0.3, -0.25) is 0 Å². The van der Waals surface area contributed by atoms with Crippen LogP contribution in [0.3, 0.4) is 0 Å². The van der Waals surface area contributed by atoms with Crippen LogP contribution in [0.15, 0.2) is 53.4 Å². The Bertz CT molecular complexity index is 1610. The van der Waals surface area contributed by atoms with Gasteiger partial charge in [0.15, 0.2) is 0 Å². The van der Waals surface area contributed by atoms with E-state index in [-0.39, 0.29) is 16.0 Å². The zero-order chi connectivity index (χ0) is 27.7. The Balaban J connectivity index is 1.50. The smallest absolute Gasteiger partial charge is 0.343 e. The summed E-state index contributed by atoms with van der Waals surface area (Å²) in [5.74, 6) is 0.458. The van der Waals surface area contributed by atoms with Crippen molar-refractivity contribution in [3.8, 4) is 11.1 Å². The number of hydrogen-bond donors (Lipinski definition) is 1. The minimum atomic E-state index is -4.50. The van der Waals surface area contributed by atoms with Crippen molar-refractivity contribution in [3.63, 3.8) is 0 Å². The predicted molar refractivity (Wildman–Crippen MR) is 143 cm³/mol. The minimum Gasteiger partial charge on any atom is -0.343 e. The highest BCUT2D eigenvalue weighted by Gasteiger charge is 2.34. The summed E-state index contributed by atoms with van der Waals surface area (Å²) in [6.45, 7) is 1.86. The highest BCUT2D eigenvalue weighted by molar-refractivity contribution is 7.99. The monoisotopic (exact) mass is 600 g/mol. The van der Waals surface area contributed by atoms with Crippen molar-refractivity contribution in [3.05, 3.63) is 86.5 Å². The van der Waals surface area contributed by atoms with Crippen LogP contribution in [0.4, 0.5) is 26.3 Å². The van der Waals surface area contributed by atoms with E-state index in [0.717, 1.165) is 69.9 Å². The van der Waals surface area contributed by atoms with Crippen molar-refractivity contribution in [1.29, 1.82) is 0 Å². The molecule has 39 heavy (non-hydrogen) atoms. The molecule has 11 heteroatoms. The SMILES string of the molecule is FC(F)(F)c1ccc(-c2ccc3c4c2c2c(n4CC(c4ccc(C(F)(F)F)cc4Cl)CS3)CCNC2)c(Cl)c1. The second kappa shape index (κ2) is 9.65. The number of rotatable bonds is 2. The van der Waals surface area contributed by atoms with Crippen LogP contribution in [-0.4, -0.2) is 16.9 Å². The van der Waals surface area contributed by atoms with Crippen LogP contribution < -0.4 is 5.32 Å². The predicted octanol–water partition coefficient (Wildman–Crippen LogP) is 9.19. The molecule has 0 amide bonds. The molecule has 0 spiro atoms. The second-order valence-corrected chi connectivity index (χ2v) is 11.6. The quantitative estimate of drug-likeness (QED) is 0.231. The van der Waals surface area contributed by atoms with E-state index in [1.807, 2.05) is 12.1 Å². The fourth-order valence-corrected chi connectivity index (χ4v) is 7.42. The lowest BCUT2D eigenvalue weighted by molar-refractivity contribution is -0.138. The lowest BCUT2D eigenvalue weighted by atomic mass is 9.96. The lowest BCUT2D eigenvalue weighted by Crippen LogP contribution is -2.25. The van der Waals surface area contributed by atoms with E-state index in [1.54, 1.807) is 11.8 Å². The number of benzene rings is 3. The van der Waals surface area contributed by atoms with Crippen LogP contribution in [0.1, 0.15) is 33.9 Å². The molecule has 2 aliphatic heterocycles. The number of nitrogens with one attached hydrogen (secondary N) is 1. The van der Waals surface area contributed by atoms with Crippen molar-refractivity contribution in [2.45, 2.75) is 42.7 Å². The maximum absolute atomic E-state index is 13.3. The molecule has 3 heterocycles. The molecule has 0 saturated carbocycles. The molecule has 1 unspecified atom stereocenters. The van der Waals surface area contributed by atoms with E-state index >= 15 is 0 Å². The van der Waals surface area contributed by atoms with E-state index in [4.69, 9.17) is 23.2 Å². The first-order valence-corrected chi connectivity index (χ1v) is 13.9. The van der Waals surface area contributed by atoms with Gasteiger partial charge in [-0.2, -0.15) is 26.3 Å². The molecule has 0 saturated heterocycles. The molecule has 204 valence electrons. The van der Waals surface area contributed by atoms with Crippen LogP contribution in [0.2, 0.25) is 10.0 Å². The van der Waals surface area contributed by atoms with Crippen molar-refractivity contribution < 1.29 is 26.3 Å². The maximum Gasteiger partial charge on any atom is 0.416 e. The molecule has 1 atom stereocenters. The Morgan fingerprint density at radius 2 is 1.51 bits per heavy atom. The van der Waals surface area contributed by atoms with Gasteiger partial charge in [-0.1, -0.05) is 41.4 Å². The van der Waals surface area contributed by atoms with Crippen LogP contribution >= 0.6 is 35.0 Å². The Hall–Kier alpha value is -2.33. The van der Waals surface area contributed by atoms with Gasteiger partial charge in [0, 0.05) is 69.3 Å². The van der Waals surface area contributed by atoms with Crippen LogP contribution in [0.25, 0.3) is 22.0 Å². The van der Waals surface area contributed by atoms with Crippen molar-refractivity contribution >= 4 is 45.9 Å². The Morgan fingerprint density at radius 3 is 2.18 bits per heavy atom. The van der Waals surface area contributed by atoms with Gasteiger partial charge in [0.1, 0.15) is 0 Å². The third-order valence-corrected chi connectivity index (χ3v) is 9.27. The molecule has 1 aromatic heterocycles. The number of halogens is 8. The van der Waals surface area contributed by atoms with Crippen LogP contribution in [0, 0.1) is 0 Å². The molecule has 0 fully saturated rings. The first-order chi connectivity index (χ1) is 18.4. The average Bonchev–Trinajstić information content (AvgIpc) is 3.07. The molecule has 2 nitrogen and oxygen atoms in total. The second-order valence-electron chi connectivity index (χ2n) is 9.73. The highest BCUT2D eigenvalue weighted by atomic mass is 35.5. The summed E-state index contributed by atoms with van der Waals surface area (Å²) in [4.78, 5) is 0.997. The van der Waals surface area contributed by atoms with Gasteiger partial charge in [0.2, 0.25) is 0 Å². The Morgan fingerprint density at radius 1 is 0.846 bits per heavy atom. The molecule has 0 bridgehead atoms.